The molecular weight excluding hydrogens is 298 g/mol. The number of hydrogen-bond donors (Lipinski definition) is 4. The van der Waals surface area contributed by atoms with Crippen LogP contribution in [0, 0.1) is 6.92 Å². The van der Waals surface area contributed by atoms with Gasteiger partial charge in [0.2, 0.25) is 0 Å². The van der Waals surface area contributed by atoms with Crippen molar-refractivity contribution in [1.29, 1.82) is 0 Å². The molecule has 0 radical (unpaired) electrons. The molecule has 0 fully saturated rings. The van der Waals surface area contributed by atoms with Crippen molar-refractivity contribution < 1.29 is 24.6 Å². The number of aryl methyl sites for hydroxylation is 1. The molecule has 1 rings (SSSR count). The van der Waals surface area contributed by atoms with Crippen molar-refractivity contribution in [3.63, 3.8) is 0 Å². The highest BCUT2D eigenvalue weighted by Crippen LogP contribution is 2.17. The molecule has 116 valence electrons. The number of carbonyl (C=O) groups excluding carboxylic acids is 1. The van der Waals surface area contributed by atoms with E-state index in [2.05, 4.69) is 15.6 Å². The number of thiazole rings is 1. The van der Waals surface area contributed by atoms with E-state index in [0.717, 1.165) is 5.69 Å². The maximum Gasteiger partial charge on any atom is 0.326 e. The van der Waals surface area contributed by atoms with Crippen molar-refractivity contribution >= 4 is 29.3 Å². The molecule has 1 heterocycles. The number of aliphatic carboxylic acids is 2. The summed E-state index contributed by atoms with van der Waals surface area (Å²) in [6, 6.07) is -2.28. The number of nitrogens with one attached hydrogen (secondary N) is 2. The molecule has 1 aromatic heterocycles. The molecule has 1 aromatic rings. The Morgan fingerprint density at radius 2 is 2.00 bits per heavy atom. The second-order valence-corrected chi connectivity index (χ2v) is 5.38. The Morgan fingerprint density at radius 1 is 1.33 bits per heavy atom. The molecule has 1 unspecified atom stereocenters. The average Bonchev–Trinajstić information content (AvgIpc) is 2.80. The Bertz CT molecular complexity index is 531. The molecule has 0 saturated heterocycles. The maximum atomic E-state index is 11.7. The Morgan fingerprint density at radius 3 is 2.48 bits per heavy atom. The highest BCUT2D eigenvalue weighted by atomic mass is 32.1. The van der Waals surface area contributed by atoms with E-state index < -0.39 is 24.0 Å². The highest BCUT2D eigenvalue weighted by Gasteiger charge is 2.22. The van der Waals surface area contributed by atoms with E-state index in [9.17, 15) is 14.4 Å². The van der Waals surface area contributed by atoms with Gasteiger partial charge in [-0.1, -0.05) is 0 Å². The third kappa shape index (κ3) is 5.78. The topological polar surface area (TPSA) is 129 Å². The van der Waals surface area contributed by atoms with Crippen molar-refractivity contribution in [3.8, 4) is 0 Å². The lowest BCUT2D eigenvalue weighted by Gasteiger charge is -2.16. The molecule has 0 aliphatic rings. The molecule has 8 nitrogen and oxygen atoms in total. The van der Waals surface area contributed by atoms with Crippen molar-refractivity contribution in [2.24, 2.45) is 0 Å². The monoisotopic (exact) mass is 315 g/mol. The fraction of sp³-hybridized carbons (Fsp3) is 0.500. The SMILES string of the molecule is Cc1csc(C(C)NC(=O)N[C@@H](CCC(=O)O)C(=O)O)n1. The minimum atomic E-state index is -1.27. The number of amides is 2. The molecule has 21 heavy (non-hydrogen) atoms. The summed E-state index contributed by atoms with van der Waals surface area (Å²) in [4.78, 5) is 37.4. The van der Waals surface area contributed by atoms with Crippen LogP contribution in [0.4, 0.5) is 4.79 Å². The van der Waals surface area contributed by atoms with Gasteiger partial charge >= 0.3 is 18.0 Å². The van der Waals surface area contributed by atoms with E-state index in [4.69, 9.17) is 10.2 Å². The summed E-state index contributed by atoms with van der Waals surface area (Å²) < 4.78 is 0. The average molecular weight is 315 g/mol. The Hall–Kier alpha value is -2.16. The van der Waals surface area contributed by atoms with Gasteiger partial charge < -0.3 is 20.8 Å². The number of nitrogens with zero attached hydrogens (tertiary/aromatic N) is 1. The van der Waals surface area contributed by atoms with E-state index in [-0.39, 0.29) is 18.9 Å². The third-order valence-electron chi connectivity index (χ3n) is 2.61. The molecule has 0 aliphatic heterocycles. The van der Waals surface area contributed by atoms with Crippen molar-refractivity contribution in [2.75, 3.05) is 0 Å². The fourth-order valence-electron chi connectivity index (χ4n) is 1.55. The van der Waals surface area contributed by atoms with Gasteiger partial charge in [-0.15, -0.1) is 11.3 Å². The molecule has 2 amide bonds. The lowest BCUT2D eigenvalue weighted by Crippen LogP contribution is -2.46. The van der Waals surface area contributed by atoms with Crippen LogP contribution >= 0.6 is 11.3 Å². The van der Waals surface area contributed by atoms with Crippen LogP contribution in [0.3, 0.4) is 0 Å². The summed E-state index contributed by atoms with van der Waals surface area (Å²) in [5.41, 5.74) is 0.842. The lowest BCUT2D eigenvalue weighted by atomic mass is 10.1. The van der Waals surface area contributed by atoms with Gasteiger partial charge in [-0.3, -0.25) is 4.79 Å². The van der Waals surface area contributed by atoms with Crippen LogP contribution in [0.15, 0.2) is 5.38 Å². The number of carboxylic acid groups (broad SMARTS) is 2. The number of rotatable bonds is 7. The first kappa shape index (κ1) is 16.9. The Labute approximate surface area is 125 Å². The number of urea groups is 1. The van der Waals surface area contributed by atoms with Crippen molar-refractivity contribution in [2.45, 2.75) is 38.8 Å². The first-order chi connectivity index (χ1) is 9.79. The minimum absolute atomic E-state index is 0.178. The molecule has 0 saturated carbocycles. The van der Waals surface area contributed by atoms with Gasteiger partial charge in [-0.2, -0.15) is 0 Å². The summed E-state index contributed by atoms with van der Waals surface area (Å²) >= 11 is 1.39. The molecule has 0 aromatic carbocycles. The quantitative estimate of drug-likeness (QED) is 0.597. The standard InChI is InChI=1S/C12H17N3O5S/c1-6-5-21-10(13-6)7(2)14-12(20)15-8(11(18)19)3-4-9(16)17/h5,7-8H,3-4H2,1-2H3,(H,16,17)(H,18,19)(H2,14,15,20)/t7?,8-/m0/s1. The van der Waals surface area contributed by atoms with E-state index in [0.29, 0.717) is 5.01 Å². The minimum Gasteiger partial charge on any atom is -0.481 e. The zero-order valence-electron chi connectivity index (χ0n) is 11.6. The summed E-state index contributed by atoms with van der Waals surface area (Å²) in [6.07, 6.45) is -0.513. The van der Waals surface area contributed by atoms with E-state index in [1.807, 2.05) is 12.3 Å². The Kier molecular flexibility index (Phi) is 6.10. The predicted molar refractivity (Wildman–Crippen MR) is 75.2 cm³/mol. The van der Waals surface area contributed by atoms with Crippen molar-refractivity contribution in [1.82, 2.24) is 15.6 Å². The largest absolute Gasteiger partial charge is 0.481 e. The first-order valence-corrected chi connectivity index (χ1v) is 7.11. The molecular formula is C12H17N3O5S. The van der Waals surface area contributed by atoms with Crippen LogP contribution in [-0.4, -0.2) is 39.2 Å². The molecule has 9 heteroatoms. The number of carbonyl (C=O) groups is 3. The van der Waals surface area contributed by atoms with Gasteiger partial charge in [0, 0.05) is 17.5 Å². The number of hydrogen-bond acceptors (Lipinski definition) is 5. The number of aromatic nitrogens is 1. The van der Waals surface area contributed by atoms with Crippen LogP contribution in [-0.2, 0) is 9.59 Å². The highest BCUT2D eigenvalue weighted by molar-refractivity contribution is 7.09. The first-order valence-electron chi connectivity index (χ1n) is 6.23. The maximum absolute atomic E-state index is 11.7. The molecule has 0 spiro atoms. The van der Waals surface area contributed by atoms with Gasteiger partial charge in [0.1, 0.15) is 11.0 Å². The second-order valence-electron chi connectivity index (χ2n) is 4.49. The fourth-order valence-corrected chi connectivity index (χ4v) is 2.36. The predicted octanol–water partition coefficient (Wildman–Crippen LogP) is 1.13. The van der Waals surface area contributed by atoms with Gasteiger partial charge in [0.25, 0.3) is 0 Å². The smallest absolute Gasteiger partial charge is 0.326 e. The van der Waals surface area contributed by atoms with Crippen LogP contribution in [0.25, 0.3) is 0 Å². The van der Waals surface area contributed by atoms with Gasteiger partial charge in [-0.25, -0.2) is 14.6 Å². The zero-order valence-corrected chi connectivity index (χ0v) is 12.4. The third-order valence-corrected chi connectivity index (χ3v) is 3.75. The second kappa shape index (κ2) is 7.58. The van der Waals surface area contributed by atoms with E-state index in [1.165, 1.54) is 11.3 Å². The van der Waals surface area contributed by atoms with Crippen LogP contribution in [0.2, 0.25) is 0 Å². The van der Waals surface area contributed by atoms with E-state index in [1.54, 1.807) is 6.92 Å². The van der Waals surface area contributed by atoms with Crippen LogP contribution in [0.1, 0.15) is 36.5 Å². The molecule has 0 aliphatic carbocycles. The summed E-state index contributed by atoms with van der Waals surface area (Å²) in [7, 11) is 0. The van der Waals surface area contributed by atoms with Gasteiger partial charge in [0.15, 0.2) is 0 Å². The lowest BCUT2D eigenvalue weighted by molar-refractivity contribution is -0.140. The van der Waals surface area contributed by atoms with E-state index >= 15 is 0 Å². The normalized spacial score (nSPS) is 13.2. The molecule has 2 atom stereocenters. The van der Waals surface area contributed by atoms with Gasteiger partial charge in [0.05, 0.1) is 6.04 Å². The van der Waals surface area contributed by atoms with Crippen LogP contribution in [0.5, 0.6) is 0 Å². The summed E-state index contributed by atoms with van der Waals surface area (Å²) in [6.45, 7) is 3.56. The number of carboxylic acids is 2. The van der Waals surface area contributed by atoms with Crippen molar-refractivity contribution in [3.05, 3.63) is 16.1 Å². The Balaban J connectivity index is 2.53. The summed E-state index contributed by atoms with van der Waals surface area (Å²) in [5.74, 6) is -2.39. The van der Waals surface area contributed by atoms with Gasteiger partial charge in [-0.05, 0) is 20.3 Å². The molecule has 4 N–H and O–H groups in total. The van der Waals surface area contributed by atoms with Crippen LogP contribution < -0.4 is 10.6 Å². The molecule has 0 bridgehead atoms. The summed E-state index contributed by atoms with van der Waals surface area (Å²) in [5, 5.41) is 24.9. The zero-order chi connectivity index (χ0) is 16.0.